The standard InChI is InChI=1S/C26H30N4O2/c1-26(2)16-23(22-9-4-5-10-24(22)32-26)30-25(27-3)29-17-19-11-13-21(14-12-19)31-18-20-8-6-7-15-28-20/h4-15,23H,16-18H2,1-3H3,(H2,27,29,30). The van der Waals surface area contributed by atoms with Crippen molar-refractivity contribution < 1.29 is 9.47 Å². The third-order valence-corrected chi connectivity index (χ3v) is 5.41. The number of nitrogens with zero attached hydrogens (tertiary/aromatic N) is 2. The highest BCUT2D eigenvalue weighted by molar-refractivity contribution is 5.80. The number of aromatic nitrogens is 1. The molecule has 4 rings (SSSR count). The maximum absolute atomic E-state index is 6.14. The largest absolute Gasteiger partial charge is 0.487 e. The van der Waals surface area contributed by atoms with Crippen molar-refractivity contribution in [2.24, 2.45) is 4.99 Å². The van der Waals surface area contributed by atoms with E-state index in [0.717, 1.165) is 40.7 Å². The summed E-state index contributed by atoms with van der Waals surface area (Å²) in [4.78, 5) is 8.70. The zero-order valence-corrected chi connectivity index (χ0v) is 18.8. The first-order valence-corrected chi connectivity index (χ1v) is 10.9. The molecule has 0 bridgehead atoms. The molecule has 0 fully saturated rings. The highest BCUT2D eigenvalue weighted by Crippen LogP contribution is 2.39. The molecule has 166 valence electrons. The number of ether oxygens (including phenoxy) is 2. The van der Waals surface area contributed by atoms with Gasteiger partial charge in [0, 0.05) is 31.8 Å². The van der Waals surface area contributed by atoms with Gasteiger partial charge in [0.25, 0.3) is 0 Å². The van der Waals surface area contributed by atoms with Crippen LogP contribution in [0.25, 0.3) is 0 Å². The molecule has 1 aliphatic rings. The van der Waals surface area contributed by atoms with Crippen molar-refractivity contribution in [3.8, 4) is 11.5 Å². The van der Waals surface area contributed by atoms with E-state index >= 15 is 0 Å². The molecule has 0 radical (unpaired) electrons. The van der Waals surface area contributed by atoms with Crippen LogP contribution in [-0.2, 0) is 13.2 Å². The molecule has 6 nitrogen and oxygen atoms in total. The van der Waals surface area contributed by atoms with E-state index in [2.05, 4.69) is 52.7 Å². The number of nitrogens with one attached hydrogen (secondary N) is 2. The van der Waals surface area contributed by atoms with Crippen LogP contribution in [-0.4, -0.2) is 23.6 Å². The Morgan fingerprint density at radius 3 is 2.62 bits per heavy atom. The van der Waals surface area contributed by atoms with E-state index in [1.165, 1.54) is 0 Å². The Morgan fingerprint density at radius 2 is 1.88 bits per heavy atom. The number of rotatable bonds is 6. The average molecular weight is 431 g/mol. The van der Waals surface area contributed by atoms with Crippen molar-refractivity contribution in [1.29, 1.82) is 0 Å². The van der Waals surface area contributed by atoms with Gasteiger partial charge in [0.15, 0.2) is 5.96 Å². The third kappa shape index (κ3) is 5.58. The van der Waals surface area contributed by atoms with Crippen LogP contribution < -0.4 is 20.1 Å². The Kier molecular flexibility index (Phi) is 6.59. The molecule has 6 heteroatoms. The quantitative estimate of drug-likeness (QED) is 0.441. The van der Waals surface area contributed by atoms with Gasteiger partial charge in [-0.15, -0.1) is 0 Å². The molecule has 1 unspecified atom stereocenters. The van der Waals surface area contributed by atoms with Gasteiger partial charge in [0.2, 0.25) is 0 Å². The average Bonchev–Trinajstić information content (AvgIpc) is 2.81. The van der Waals surface area contributed by atoms with Crippen molar-refractivity contribution >= 4 is 5.96 Å². The van der Waals surface area contributed by atoms with Crippen molar-refractivity contribution in [1.82, 2.24) is 15.6 Å². The van der Waals surface area contributed by atoms with Gasteiger partial charge < -0.3 is 20.1 Å². The molecule has 3 aromatic rings. The topological polar surface area (TPSA) is 67.8 Å². The van der Waals surface area contributed by atoms with E-state index in [-0.39, 0.29) is 11.6 Å². The summed E-state index contributed by atoms with van der Waals surface area (Å²) in [7, 11) is 1.79. The lowest BCUT2D eigenvalue weighted by Crippen LogP contribution is -2.45. The maximum atomic E-state index is 6.14. The second-order valence-electron chi connectivity index (χ2n) is 8.48. The van der Waals surface area contributed by atoms with Crippen LogP contribution >= 0.6 is 0 Å². The number of pyridine rings is 1. The first-order chi connectivity index (χ1) is 15.5. The second-order valence-corrected chi connectivity index (χ2v) is 8.48. The predicted octanol–water partition coefficient (Wildman–Crippen LogP) is 4.63. The molecule has 1 aromatic heterocycles. The van der Waals surface area contributed by atoms with E-state index in [0.29, 0.717) is 13.2 Å². The molecule has 2 heterocycles. The molecule has 0 spiro atoms. The fourth-order valence-electron chi connectivity index (χ4n) is 3.82. The zero-order valence-electron chi connectivity index (χ0n) is 18.8. The molecule has 2 aromatic carbocycles. The summed E-state index contributed by atoms with van der Waals surface area (Å²) in [5.41, 5.74) is 2.97. The van der Waals surface area contributed by atoms with Crippen LogP contribution in [0.3, 0.4) is 0 Å². The molecule has 32 heavy (non-hydrogen) atoms. The lowest BCUT2D eigenvalue weighted by atomic mass is 9.90. The normalized spacial score (nSPS) is 17.1. The Morgan fingerprint density at radius 1 is 1.09 bits per heavy atom. The Labute approximate surface area is 189 Å². The van der Waals surface area contributed by atoms with Crippen molar-refractivity contribution in [3.05, 3.63) is 89.7 Å². The van der Waals surface area contributed by atoms with Crippen LogP contribution in [0, 0.1) is 0 Å². The molecule has 1 aliphatic heterocycles. The van der Waals surface area contributed by atoms with Crippen molar-refractivity contribution in [3.63, 3.8) is 0 Å². The minimum absolute atomic E-state index is 0.128. The summed E-state index contributed by atoms with van der Waals surface area (Å²) in [6.07, 6.45) is 2.63. The summed E-state index contributed by atoms with van der Waals surface area (Å²) in [5, 5.41) is 6.98. The zero-order chi connectivity index (χ0) is 22.4. The number of aliphatic imine (C=N–C) groups is 1. The minimum Gasteiger partial charge on any atom is -0.487 e. The number of benzene rings is 2. The van der Waals surface area contributed by atoms with Crippen LogP contribution in [0.5, 0.6) is 11.5 Å². The number of fused-ring (bicyclic) bond motifs is 1. The second kappa shape index (κ2) is 9.73. The van der Waals surface area contributed by atoms with E-state index < -0.39 is 0 Å². The Balaban J connectivity index is 1.33. The summed E-state index contributed by atoms with van der Waals surface area (Å²) in [5.74, 6) is 2.51. The molecule has 0 saturated carbocycles. The predicted molar refractivity (Wildman–Crippen MR) is 127 cm³/mol. The highest BCUT2D eigenvalue weighted by atomic mass is 16.5. The summed E-state index contributed by atoms with van der Waals surface area (Å²) < 4.78 is 12.0. The number of hydrogen-bond acceptors (Lipinski definition) is 4. The summed E-state index contributed by atoms with van der Waals surface area (Å²) in [6, 6.07) is 22.2. The molecule has 0 saturated heterocycles. The first kappa shape index (κ1) is 21.7. The fourth-order valence-corrected chi connectivity index (χ4v) is 3.82. The van der Waals surface area contributed by atoms with E-state index in [1.54, 1.807) is 13.2 Å². The molecule has 0 aliphatic carbocycles. The maximum Gasteiger partial charge on any atom is 0.191 e. The Bertz CT molecular complexity index is 1050. The van der Waals surface area contributed by atoms with Gasteiger partial charge in [-0.2, -0.15) is 0 Å². The lowest BCUT2D eigenvalue weighted by Gasteiger charge is -2.38. The highest BCUT2D eigenvalue weighted by Gasteiger charge is 2.33. The van der Waals surface area contributed by atoms with Gasteiger partial charge in [-0.3, -0.25) is 9.98 Å². The number of guanidine groups is 1. The van der Waals surface area contributed by atoms with Gasteiger partial charge in [0.1, 0.15) is 23.7 Å². The molecule has 0 amide bonds. The van der Waals surface area contributed by atoms with E-state index in [1.807, 2.05) is 48.5 Å². The lowest BCUT2D eigenvalue weighted by molar-refractivity contribution is 0.0694. The summed E-state index contributed by atoms with van der Waals surface area (Å²) >= 11 is 0. The third-order valence-electron chi connectivity index (χ3n) is 5.41. The number of hydrogen-bond donors (Lipinski definition) is 2. The molecule has 2 N–H and O–H groups in total. The van der Waals surface area contributed by atoms with Crippen LogP contribution in [0.15, 0.2) is 77.9 Å². The summed E-state index contributed by atoms with van der Waals surface area (Å²) in [6.45, 7) is 5.35. The van der Waals surface area contributed by atoms with Gasteiger partial charge in [0.05, 0.1) is 11.7 Å². The van der Waals surface area contributed by atoms with Crippen LogP contribution in [0.1, 0.15) is 43.1 Å². The smallest absolute Gasteiger partial charge is 0.191 e. The molecular formula is C26H30N4O2. The van der Waals surface area contributed by atoms with Gasteiger partial charge in [-0.1, -0.05) is 36.4 Å². The first-order valence-electron chi connectivity index (χ1n) is 10.9. The van der Waals surface area contributed by atoms with Crippen molar-refractivity contribution in [2.75, 3.05) is 7.05 Å². The fraction of sp³-hybridized carbons (Fsp3) is 0.308. The van der Waals surface area contributed by atoms with Gasteiger partial charge in [-0.05, 0) is 49.7 Å². The van der Waals surface area contributed by atoms with E-state index in [9.17, 15) is 0 Å². The minimum atomic E-state index is -0.240. The monoisotopic (exact) mass is 430 g/mol. The molecule has 1 atom stereocenters. The van der Waals surface area contributed by atoms with Gasteiger partial charge >= 0.3 is 0 Å². The van der Waals surface area contributed by atoms with E-state index in [4.69, 9.17) is 9.47 Å². The molecular weight excluding hydrogens is 400 g/mol. The van der Waals surface area contributed by atoms with Gasteiger partial charge in [-0.25, -0.2) is 0 Å². The SMILES string of the molecule is CN=C(NCc1ccc(OCc2ccccn2)cc1)NC1CC(C)(C)Oc2ccccc21. The Hall–Kier alpha value is -3.54. The van der Waals surface area contributed by atoms with Crippen LogP contribution in [0.2, 0.25) is 0 Å². The van der Waals surface area contributed by atoms with Crippen LogP contribution in [0.4, 0.5) is 0 Å². The van der Waals surface area contributed by atoms with Crippen molar-refractivity contribution in [2.45, 2.75) is 45.1 Å². The number of para-hydroxylation sites is 1.